The Kier molecular flexibility index (Phi) is 4.11. The predicted octanol–water partition coefficient (Wildman–Crippen LogP) is 0.552. The van der Waals surface area contributed by atoms with E-state index in [9.17, 15) is 4.79 Å². The summed E-state index contributed by atoms with van der Waals surface area (Å²) in [6.45, 7) is 2.98. The monoisotopic (exact) mass is 251 g/mol. The van der Waals surface area contributed by atoms with Gasteiger partial charge in [0.25, 0.3) is 5.91 Å². The molecule has 1 aromatic rings. The number of carbonyl (C=O) groups excluding carboxylic acids is 1. The van der Waals surface area contributed by atoms with Gasteiger partial charge in [0.05, 0.1) is 20.3 Å². The average molecular weight is 251 g/mol. The lowest BCUT2D eigenvalue weighted by Gasteiger charge is -2.28. The molecule has 0 saturated carbocycles. The molecule has 0 unspecified atom stereocenters. The molecular formula is C12H17N3O3. The Morgan fingerprint density at radius 2 is 2.22 bits per heavy atom. The van der Waals surface area contributed by atoms with Crippen LogP contribution in [0.3, 0.4) is 0 Å². The van der Waals surface area contributed by atoms with E-state index in [1.165, 1.54) is 12.2 Å². The van der Waals surface area contributed by atoms with Crippen molar-refractivity contribution in [2.24, 2.45) is 0 Å². The third-order valence-corrected chi connectivity index (χ3v) is 2.89. The highest BCUT2D eigenvalue weighted by Gasteiger charge is 2.16. The number of nitrogens with zero attached hydrogens (tertiary/aromatic N) is 3. The van der Waals surface area contributed by atoms with Crippen molar-refractivity contribution in [2.75, 3.05) is 45.4 Å². The SMILES string of the molecule is CON(C)C(=O)c1ccnc(N2CCOCC2)c1. The van der Waals surface area contributed by atoms with Gasteiger partial charge in [-0.05, 0) is 12.1 Å². The van der Waals surface area contributed by atoms with Crippen molar-refractivity contribution in [3.8, 4) is 0 Å². The molecule has 2 rings (SSSR count). The summed E-state index contributed by atoms with van der Waals surface area (Å²) in [7, 11) is 3.04. The highest BCUT2D eigenvalue weighted by molar-refractivity contribution is 5.94. The van der Waals surface area contributed by atoms with Crippen LogP contribution in [-0.4, -0.2) is 56.4 Å². The van der Waals surface area contributed by atoms with Crippen LogP contribution in [0.4, 0.5) is 5.82 Å². The molecule has 1 aromatic heterocycles. The van der Waals surface area contributed by atoms with Gasteiger partial charge in [0.15, 0.2) is 0 Å². The number of hydroxylamine groups is 2. The van der Waals surface area contributed by atoms with Crippen molar-refractivity contribution in [2.45, 2.75) is 0 Å². The van der Waals surface area contributed by atoms with Crippen molar-refractivity contribution < 1.29 is 14.4 Å². The Bertz CT molecular complexity index is 419. The van der Waals surface area contributed by atoms with E-state index in [1.807, 2.05) is 0 Å². The van der Waals surface area contributed by atoms with Crippen molar-refractivity contribution in [3.63, 3.8) is 0 Å². The maximum absolute atomic E-state index is 11.9. The first-order valence-corrected chi connectivity index (χ1v) is 5.83. The van der Waals surface area contributed by atoms with Gasteiger partial charge in [-0.25, -0.2) is 10.0 Å². The summed E-state index contributed by atoms with van der Waals surface area (Å²) in [5.41, 5.74) is 0.566. The first-order chi connectivity index (χ1) is 8.72. The number of aromatic nitrogens is 1. The first kappa shape index (κ1) is 12.8. The summed E-state index contributed by atoms with van der Waals surface area (Å²) in [6, 6.07) is 3.46. The minimum absolute atomic E-state index is 0.186. The summed E-state index contributed by atoms with van der Waals surface area (Å²) in [5.74, 6) is 0.614. The van der Waals surface area contributed by atoms with E-state index < -0.39 is 0 Å². The third-order valence-electron chi connectivity index (χ3n) is 2.89. The van der Waals surface area contributed by atoms with Crippen LogP contribution in [0.15, 0.2) is 18.3 Å². The molecule has 0 aliphatic carbocycles. The van der Waals surface area contributed by atoms with Gasteiger partial charge >= 0.3 is 0 Å². The van der Waals surface area contributed by atoms with Crippen LogP contribution >= 0.6 is 0 Å². The molecule has 1 aliphatic rings. The van der Waals surface area contributed by atoms with E-state index in [0.717, 1.165) is 18.9 Å². The van der Waals surface area contributed by atoms with Crippen LogP contribution in [-0.2, 0) is 9.57 Å². The number of carbonyl (C=O) groups is 1. The van der Waals surface area contributed by atoms with Gasteiger partial charge in [0.1, 0.15) is 5.82 Å². The molecule has 18 heavy (non-hydrogen) atoms. The van der Waals surface area contributed by atoms with Gasteiger partial charge < -0.3 is 9.64 Å². The van der Waals surface area contributed by atoms with Gasteiger partial charge in [-0.15, -0.1) is 0 Å². The summed E-state index contributed by atoms with van der Waals surface area (Å²) in [6.07, 6.45) is 1.64. The fraction of sp³-hybridized carbons (Fsp3) is 0.500. The zero-order valence-corrected chi connectivity index (χ0v) is 10.6. The normalized spacial score (nSPS) is 15.6. The number of hydrogen-bond donors (Lipinski definition) is 0. The average Bonchev–Trinajstić information content (AvgIpc) is 2.46. The van der Waals surface area contributed by atoms with E-state index >= 15 is 0 Å². The molecule has 0 spiro atoms. The Morgan fingerprint density at radius 1 is 1.50 bits per heavy atom. The molecule has 6 heteroatoms. The standard InChI is InChI=1S/C12H17N3O3/c1-14(17-2)12(16)10-3-4-13-11(9-10)15-5-7-18-8-6-15/h3-4,9H,5-8H2,1-2H3. The quantitative estimate of drug-likeness (QED) is 0.734. The minimum atomic E-state index is -0.186. The molecule has 0 N–H and O–H groups in total. The Morgan fingerprint density at radius 3 is 2.89 bits per heavy atom. The maximum atomic E-state index is 11.9. The zero-order chi connectivity index (χ0) is 13.0. The van der Waals surface area contributed by atoms with Crippen LogP contribution in [0.5, 0.6) is 0 Å². The molecule has 0 atom stereocenters. The molecule has 6 nitrogen and oxygen atoms in total. The lowest BCUT2D eigenvalue weighted by atomic mass is 10.2. The Balaban J connectivity index is 2.16. The molecular weight excluding hydrogens is 234 g/mol. The fourth-order valence-electron chi connectivity index (χ4n) is 1.78. The fourth-order valence-corrected chi connectivity index (χ4v) is 1.78. The summed E-state index contributed by atoms with van der Waals surface area (Å²) in [5, 5.41) is 1.19. The first-order valence-electron chi connectivity index (χ1n) is 5.83. The van der Waals surface area contributed by atoms with Crippen LogP contribution < -0.4 is 4.90 Å². The Labute approximate surface area is 106 Å². The van der Waals surface area contributed by atoms with Crippen LogP contribution in [0.1, 0.15) is 10.4 Å². The molecule has 1 fully saturated rings. The van der Waals surface area contributed by atoms with Crippen LogP contribution in [0.2, 0.25) is 0 Å². The lowest BCUT2D eigenvalue weighted by molar-refractivity contribution is -0.0757. The molecule has 0 bridgehead atoms. The van der Waals surface area contributed by atoms with Crippen LogP contribution in [0.25, 0.3) is 0 Å². The lowest BCUT2D eigenvalue weighted by Crippen LogP contribution is -2.37. The molecule has 2 heterocycles. The van der Waals surface area contributed by atoms with Gasteiger partial charge in [0.2, 0.25) is 0 Å². The molecule has 0 aromatic carbocycles. The number of amides is 1. The molecule has 1 saturated heterocycles. The molecule has 0 radical (unpaired) electrons. The van der Waals surface area contributed by atoms with Gasteiger partial charge in [-0.3, -0.25) is 9.63 Å². The second kappa shape index (κ2) is 5.79. The van der Waals surface area contributed by atoms with E-state index in [2.05, 4.69) is 9.88 Å². The summed E-state index contributed by atoms with van der Waals surface area (Å²) in [4.78, 5) is 23.2. The van der Waals surface area contributed by atoms with E-state index in [0.29, 0.717) is 18.8 Å². The van der Waals surface area contributed by atoms with Crippen molar-refractivity contribution in [1.82, 2.24) is 10.0 Å². The number of morpholine rings is 1. The molecule has 1 amide bonds. The molecule has 98 valence electrons. The van der Waals surface area contributed by atoms with Gasteiger partial charge in [0, 0.05) is 31.9 Å². The van der Waals surface area contributed by atoms with E-state index in [-0.39, 0.29) is 5.91 Å². The number of rotatable bonds is 3. The minimum Gasteiger partial charge on any atom is -0.378 e. The van der Waals surface area contributed by atoms with E-state index in [1.54, 1.807) is 25.4 Å². The van der Waals surface area contributed by atoms with Crippen molar-refractivity contribution in [1.29, 1.82) is 0 Å². The topological polar surface area (TPSA) is 54.9 Å². The third kappa shape index (κ3) is 2.77. The van der Waals surface area contributed by atoms with Crippen molar-refractivity contribution >= 4 is 11.7 Å². The largest absolute Gasteiger partial charge is 0.378 e. The highest BCUT2D eigenvalue weighted by atomic mass is 16.7. The second-order valence-corrected chi connectivity index (χ2v) is 3.99. The number of hydrogen-bond acceptors (Lipinski definition) is 5. The smallest absolute Gasteiger partial charge is 0.277 e. The zero-order valence-electron chi connectivity index (χ0n) is 10.6. The maximum Gasteiger partial charge on any atom is 0.277 e. The second-order valence-electron chi connectivity index (χ2n) is 3.99. The van der Waals surface area contributed by atoms with Gasteiger partial charge in [-0.1, -0.05) is 0 Å². The number of anilines is 1. The van der Waals surface area contributed by atoms with Crippen molar-refractivity contribution in [3.05, 3.63) is 23.9 Å². The number of pyridine rings is 1. The van der Waals surface area contributed by atoms with Crippen LogP contribution in [0, 0.1) is 0 Å². The summed E-state index contributed by atoms with van der Waals surface area (Å²) >= 11 is 0. The summed E-state index contributed by atoms with van der Waals surface area (Å²) < 4.78 is 5.29. The Hall–Kier alpha value is -1.66. The number of ether oxygens (including phenoxy) is 1. The predicted molar refractivity (Wildman–Crippen MR) is 66.4 cm³/mol. The molecule has 1 aliphatic heterocycles. The van der Waals surface area contributed by atoms with E-state index in [4.69, 9.17) is 9.57 Å². The van der Waals surface area contributed by atoms with Gasteiger partial charge in [-0.2, -0.15) is 0 Å². The highest BCUT2D eigenvalue weighted by Crippen LogP contribution is 2.15.